The highest BCUT2D eigenvalue weighted by atomic mass is 35.5. The largest absolute Gasteiger partial charge is 0.351 e. The molecule has 26 heavy (non-hydrogen) atoms. The number of likely N-dealkylation sites (tertiary alicyclic amines) is 1. The topological polar surface area (TPSA) is 62.3 Å². The minimum Gasteiger partial charge on any atom is -0.351 e. The summed E-state index contributed by atoms with van der Waals surface area (Å²) >= 11 is 8.63. The SMILES string of the molecule is CSc1ncccc1C(=O)N1CCC(CNC(=O)c2ccc(Cl)s2)CC1. The summed E-state index contributed by atoms with van der Waals surface area (Å²) < 4.78 is 0.613. The lowest BCUT2D eigenvalue weighted by molar-refractivity contribution is 0.0680. The normalized spacial score (nSPS) is 15.1. The van der Waals surface area contributed by atoms with Crippen LogP contribution in [0.5, 0.6) is 0 Å². The van der Waals surface area contributed by atoms with Gasteiger partial charge in [-0.05, 0) is 49.3 Å². The van der Waals surface area contributed by atoms with Crippen LogP contribution in [-0.2, 0) is 0 Å². The Kier molecular flexibility index (Phi) is 6.56. The van der Waals surface area contributed by atoms with Gasteiger partial charge in [-0.25, -0.2) is 4.98 Å². The molecule has 1 saturated heterocycles. The van der Waals surface area contributed by atoms with E-state index in [0.29, 0.717) is 40.3 Å². The molecule has 3 heterocycles. The Balaban J connectivity index is 1.49. The van der Waals surface area contributed by atoms with Gasteiger partial charge in [-0.15, -0.1) is 23.1 Å². The van der Waals surface area contributed by atoms with Gasteiger partial charge in [0.1, 0.15) is 5.03 Å². The smallest absolute Gasteiger partial charge is 0.261 e. The third kappa shape index (κ3) is 4.58. The summed E-state index contributed by atoms with van der Waals surface area (Å²) in [6.07, 6.45) is 5.39. The fraction of sp³-hybridized carbons (Fsp3) is 0.389. The number of hydrogen-bond donors (Lipinski definition) is 1. The third-order valence-electron chi connectivity index (χ3n) is 4.44. The van der Waals surface area contributed by atoms with E-state index in [0.717, 1.165) is 17.9 Å². The first-order valence-corrected chi connectivity index (χ1v) is 10.8. The average molecular weight is 410 g/mol. The number of hydrogen-bond acceptors (Lipinski definition) is 5. The highest BCUT2D eigenvalue weighted by Gasteiger charge is 2.25. The summed E-state index contributed by atoms with van der Waals surface area (Å²) in [7, 11) is 0. The second-order valence-electron chi connectivity index (χ2n) is 6.11. The van der Waals surface area contributed by atoms with E-state index in [1.807, 2.05) is 17.2 Å². The van der Waals surface area contributed by atoms with Gasteiger partial charge < -0.3 is 10.2 Å². The van der Waals surface area contributed by atoms with E-state index in [1.54, 1.807) is 24.4 Å². The molecule has 0 atom stereocenters. The maximum Gasteiger partial charge on any atom is 0.261 e. The summed E-state index contributed by atoms with van der Waals surface area (Å²) in [5.41, 5.74) is 0.668. The van der Waals surface area contributed by atoms with Crippen molar-refractivity contribution in [1.82, 2.24) is 15.2 Å². The second-order valence-corrected chi connectivity index (χ2v) is 8.62. The first-order valence-electron chi connectivity index (χ1n) is 8.40. The minimum absolute atomic E-state index is 0.0400. The van der Waals surface area contributed by atoms with Crippen LogP contribution in [0.25, 0.3) is 0 Å². The van der Waals surface area contributed by atoms with Gasteiger partial charge in [0.15, 0.2) is 0 Å². The fourth-order valence-corrected chi connectivity index (χ4v) is 4.49. The van der Waals surface area contributed by atoms with Gasteiger partial charge in [0.25, 0.3) is 11.8 Å². The van der Waals surface area contributed by atoms with Crippen LogP contribution in [0.3, 0.4) is 0 Å². The van der Waals surface area contributed by atoms with Gasteiger partial charge >= 0.3 is 0 Å². The van der Waals surface area contributed by atoms with Crippen molar-refractivity contribution in [3.63, 3.8) is 0 Å². The molecule has 1 aliphatic heterocycles. The van der Waals surface area contributed by atoms with E-state index in [1.165, 1.54) is 23.1 Å². The standard InChI is InChI=1S/C18H20ClN3O2S2/c1-25-17-13(3-2-8-20-17)18(24)22-9-6-12(7-10-22)11-21-16(23)14-4-5-15(19)26-14/h2-5,8,12H,6-7,9-11H2,1H3,(H,21,23). The lowest BCUT2D eigenvalue weighted by Gasteiger charge is -2.32. The van der Waals surface area contributed by atoms with Gasteiger partial charge in [0.2, 0.25) is 0 Å². The second kappa shape index (κ2) is 8.88. The number of nitrogens with one attached hydrogen (secondary N) is 1. The molecule has 1 N–H and O–H groups in total. The predicted octanol–water partition coefficient (Wildman–Crippen LogP) is 3.80. The van der Waals surface area contributed by atoms with E-state index in [9.17, 15) is 9.59 Å². The first kappa shape index (κ1) is 19.2. The molecule has 3 rings (SSSR count). The third-order valence-corrected chi connectivity index (χ3v) is 6.39. The molecule has 0 saturated carbocycles. The van der Waals surface area contributed by atoms with E-state index >= 15 is 0 Å². The van der Waals surface area contributed by atoms with Crippen molar-refractivity contribution in [2.75, 3.05) is 25.9 Å². The highest BCUT2D eigenvalue weighted by molar-refractivity contribution is 7.98. The number of carbonyl (C=O) groups excluding carboxylic acids is 2. The number of thiophene rings is 1. The molecule has 0 unspecified atom stereocenters. The summed E-state index contributed by atoms with van der Waals surface area (Å²) in [5.74, 6) is 0.339. The quantitative estimate of drug-likeness (QED) is 0.763. The van der Waals surface area contributed by atoms with Gasteiger partial charge in [-0.2, -0.15) is 0 Å². The number of pyridine rings is 1. The molecule has 0 bridgehead atoms. The van der Waals surface area contributed by atoms with Crippen molar-refractivity contribution in [3.05, 3.63) is 45.2 Å². The molecule has 2 amide bonds. The van der Waals surface area contributed by atoms with E-state index in [2.05, 4.69) is 10.3 Å². The van der Waals surface area contributed by atoms with E-state index in [4.69, 9.17) is 11.6 Å². The number of rotatable bonds is 5. The average Bonchev–Trinajstić information content (AvgIpc) is 3.12. The van der Waals surface area contributed by atoms with Gasteiger partial charge in [0.05, 0.1) is 14.8 Å². The number of carbonyl (C=O) groups is 2. The zero-order chi connectivity index (χ0) is 18.5. The van der Waals surface area contributed by atoms with Gasteiger partial charge in [-0.3, -0.25) is 9.59 Å². The maximum absolute atomic E-state index is 12.7. The summed E-state index contributed by atoms with van der Waals surface area (Å²) in [6, 6.07) is 7.10. The monoisotopic (exact) mass is 409 g/mol. The summed E-state index contributed by atoms with van der Waals surface area (Å²) in [6.45, 7) is 2.03. The zero-order valence-electron chi connectivity index (χ0n) is 14.4. The Morgan fingerprint density at radius 3 is 2.77 bits per heavy atom. The number of thioether (sulfide) groups is 1. The molecule has 0 radical (unpaired) electrons. The van der Waals surface area contributed by atoms with Crippen molar-refractivity contribution in [1.29, 1.82) is 0 Å². The van der Waals surface area contributed by atoms with Crippen molar-refractivity contribution >= 4 is 46.5 Å². The van der Waals surface area contributed by atoms with E-state index < -0.39 is 0 Å². The molecule has 1 fully saturated rings. The van der Waals surface area contributed by atoms with Gasteiger partial charge in [0, 0.05) is 25.8 Å². The van der Waals surface area contributed by atoms with Crippen molar-refractivity contribution in [3.8, 4) is 0 Å². The molecular formula is C18H20ClN3O2S2. The fourth-order valence-electron chi connectivity index (χ4n) is 2.99. The summed E-state index contributed by atoms with van der Waals surface area (Å²) in [5, 5.41) is 3.74. The van der Waals surface area contributed by atoms with Crippen LogP contribution in [-0.4, -0.2) is 47.6 Å². The Morgan fingerprint density at radius 1 is 1.35 bits per heavy atom. The molecule has 2 aromatic rings. The molecular weight excluding hydrogens is 390 g/mol. The molecule has 0 spiro atoms. The lowest BCUT2D eigenvalue weighted by atomic mass is 9.96. The Bertz CT molecular complexity index is 788. The minimum atomic E-state index is -0.0830. The molecule has 8 heteroatoms. The zero-order valence-corrected chi connectivity index (χ0v) is 16.8. The van der Waals surface area contributed by atoms with Crippen LogP contribution in [0.15, 0.2) is 35.5 Å². The van der Waals surface area contributed by atoms with E-state index in [-0.39, 0.29) is 11.8 Å². The molecule has 138 valence electrons. The Labute approximate surface area is 166 Å². The predicted molar refractivity (Wildman–Crippen MR) is 106 cm³/mol. The number of aromatic nitrogens is 1. The molecule has 0 aromatic carbocycles. The van der Waals surface area contributed by atoms with Crippen molar-refractivity contribution < 1.29 is 9.59 Å². The van der Waals surface area contributed by atoms with Gasteiger partial charge in [-0.1, -0.05) is 11.6 Å². The molecule has 0 aliphatic carbocycles. The summed E-state index contributed by atoms with van der Waals surface area (Å²) in [4.78, 5) is 31.6. The van der Waals surface area contributed by atoms with Crippen LogP contribution in [0.4, 0.5) is 0 Å². The van der Waals surface area contributed by atoms with Crippen molar-refractivity contribution in [2.45, 2.75) is 17.9 Å². The van der Waals surface area contributed by atoms with Crippen LogP contribution in [0, 0.1) is 5.92 Å². The maximum atomic E-state index is 12.7. The Morgan fingerprint density at radius 2 is 2.12 bits per heavy atom. The lowest BCUT2D eigenvalue weighted by Crippen LogP contribution is -2.41. The first-order chi connectivity index (χ1) is 12.6. The number of piperidine rings is 1. The Hall–Kier alpha value is -1.57. The number of halogens is 1. The molecule has 2 aromatic heterocycles. The molecule has 1 aliphatic rings. The number of nitrogens with zero attached hydrogens (tertiary/aromatic N) is 2. The van der Waals surface area contributed by atoms with Crippen LogP contribution in [0.2, 0.25) is 4.34 Å². The molecule has 5 nitrogen and oxygen atoms in total. The highest BCUT2D eigenvalue weighted by Crippen LogP contribution is 2.24. The van der Waals surface area contributed by atoms with Crippen LogP contribution < -0.4 is 5.32 Å². The van der Waals surface area contributed by atoms with Crippen LogP contribution >= 0.6 is 34.7 Å². The van der Waals surface area contributed by atoms with Crippen molar-refractivity contribution in [2.24, 2.45) is 5.92 Å². The number of amides is 2. The van der Waals surface area contributed by atoms with Crippen LogP contribution in [0.1, 0.15) is 32.9 Å².